The quantitative estimate of drug-likeness (QED) is 0.0662. The first-order chi connectivity index (χ1) is 30.7. The van der Waals surface area contributed by atoms with Crippen molar-refractivity contribution in [2.45, 2.75) is 12.3 Å². The molecule has 0 bridgehead atoms. The molecule has 0 heterocycles. The summed E-state index contributed by atoms with van der Waals surface area (Å²) in [5.41, 5.74) is 17.1. The van der Waals surface area contributed by atoms with E-state index in [2.05, 4.69) is 206 Å². The van der Waals surface area contributed by atoms with Gasteiger partial charge in [0, 0.05) is 11.8 Å². The van der Waals surface area contributed by atoms with Gasteiger partial charge in [0.2, 0.25) is 0 Å². The van der Waals surface area contributed by atoms with Crippen molar-refractivity contribution < 1.29 is 0 Å². The molecule has 0 aromatic heterocycles. The first kappa shape index (κ1) is 37.3. The van der Waals surface area contributed by atoms with Crippen LogP contribution in [0.5, 0.6) is 0 Å². The fourth-order valence-corrected chi connectivity index (χ4v) is 9.45. The molecule has 0 amide bonds. The van der Waals surface area contributed by atoms with Crippen molar-refractivity contribution in [1.82, 2.24) is 5.32 Å². The van der Waals surface area contributed by atoms with Crippen LogP contribution in [-0.4, -0.2) is 6.21 Å². The molecular weight excluding hydrogens is 751 g/mol. The molecular formula is C59H43N3. The smallest absolute Gasteiger partial charge is 0.127 e. The SMILES string of the molecule is NC(NC(/N=C/c1ccc(-c2c3ccccc3c(-c3ccc4ccccc4c3)c3c2ccc2ccccc23)c2ccccc12)c1ccccc1-c1ccccc1)c1ccccc1. The van der Waals surface area contributed by atoms with E-state index in [0.29, 0.717) is 0 Å². The van der Waals surface area contributed by atoms with Gasteiger partial charge in [-0.05, 0) is 104 Å². The number of fused-ring (bicyclic) bond motifs is 6. The molecule has 0 saturated heterocycles. The van der Waals surface area contributed by atoms with E-state index in [-0.39, 0.29) is 0 Å². The zero-order valence-electron chi connectivity index (χ0n) is 34.1. The maximum absolute atomic E-state index is 6.88. The van der Waals surface area contributed by atoms with Gasteiger partial charge in [0.25, 0.3) is 0 Å². The van der Waals surface area contributed by atoms with Crippen molar-refractivity contribution in [3.63, 3.8) is 0 Å². The van der Waals surface area contributed by atoms with Crippen LogP contribution in [-0.2, 0) is 0 Å². The molecule has 62 heavy (non-hydrogen) atoms. The molecule has 11 rings (SSSR count). The fourth-order valence-electron chi connectivity index (χ4n) is 9.45. The summed E-state index contributed by atoms with van der Waals surface area (Å²) in [5.74, 6) is 0. The summed E-state index contributed by atoms with van der Waals surface area (Å²) in [4.78, 5) is 5.35. The van der Waals surface area contributed by atoms with Crippen LogP contribution in [0.1, 0.15) is 29.0 Å². The number of nitrogens with two attached hydrogens (primary N) is 1. The zero-order valence-corrected chi connectivity index (χ0v) is 34.1. The highest BCUT2D eigenvalue weighted by Gasteiger charge is 2.22. The second-order valence-corrected chi connectivity index (χ2v) is 16.0. The van der Waals surface area contributed by atoms with Crippen LogP contribution >= 0.6 is 0 Å². The molecule has 2 atom stereocenters. The molecule has 0 spiro atoms. The van der Waals surface area contributed by atoms with Crippen LogP contribution in [0.25, 0.3) is 87.2 Å². The van der Waals surface area contributed by atoms with Crippen LogP contribution in [0, 0.1) is 0 Å². The van der Waals surface area contributed by atoms with Crippen LogP contribution in [0.2, 0.25) is 0 Å². The zero-order chi connectivity index (χ0) is 41.4. The lowest BCUT2D eigenvalue weighted by molar-refractivity contribution is 0.468. The second kappa shape index (κ2) is 16.1. The number of nitrogens with zero attached hydrogens (tertiary/aromatic N) is 1. The Kier molecular flexibility index (Phi) is 9.67. The van der Waals surface area contributed by atoms with E-state index in [9.17, 15) is 0 Å². The molecule has 3 nitrogen and oxygen atoms in total. The molecule has 0 aliphatic carbocycles. The lowest BCUT2D eigenvalue weighted by atomic mass is 9.82. The van der Waals surface area contributed by atoms with Crippen molar-refractivity contribution in [1.29, 1.82) is 0 Å². The average Bonchev–Trinajstić information content (AvgIpc) is 3.34. The van der Waals surface area contributed by atoms with Crippen molar-refractivity contribution in [2.24, 2.45) is 10.7 Å². The predicted molar refractivity (Wildman–Crippen MR) is 264 cm³/mol. The summed E-state index contributed by atoms with van der Waals surface area (Å²) in [5, 5.41) is 15.9. The Bertz CT molecular complexity index is 3460. The second-order valence-electron chi connectivity index (χ2n) is 16.0. The molecule has 3 N–H and O–H groups in total. The molecule has 294 valence electrons. The standard InChI is InChI=1S/C59H43N3/c60-58(42-21-5-2-6-22-42)62-59(53-30-16-12-24-46(53)40-18-3-1-4-19-40)61-38-45-34-35-52(49-27-13-11-25-47(45)49)56-51-29-15-14-28-50(51)55(44-32-31-39-17-7-8-23-43(39)37-44)57-48-26-10-9-20-41(48)33-36-54(56)57/h1-38,58-59,62H,60H2/b61-38+. The lowest BCUT2D eigenvalue weighted by Crippen LogP contribution is -2.32. The van der Waals surface area contributed by atoms with Crippen LogP contribution in [0.4, 0.5) is 0 Å². The van der Waals surface area contributed by atoms with E-state index < -0.39 is 12.3 Å². The van der Waals surface area contributed by atoms with Gasteiger partial charge in [0.1, 0.15) is 6.17 Å². The molecule has 11 aromatic rings. The molecule has 11 aromatic carbocycles. The van der Waals surface area contributed by atoms with Gasteiger partial charge in [0.05, 0.1) is 6.17 Å². The molecule has 0 aliphatic rings. The van der Waals surface area contributed by atoms with E-state index in [0.717, 1.165) is 33.2 Å². The minimum atomic E-state index is -0.434. The minimum Gasteiger partial charge on any atom is -0.312 e. The summed E-state index contributed by atoms with van der Waals surface area (Å²) >= 11 is 0. The lowest BCUT2D eigenvalue weighted by Gasteiger charge is -2.23. The molecule has 0 fully saturated rings. The largest absolute Gasteiger partial charge is 0.312 e. The number of rotatable bonds is 9. The third kappa shape index (κ3) is 6.71. The maximum atomic E-state index is 6.88. The van der Waals surface area contributed by atoms with Crippen LogP contribution in [0.3, 0.4) is 0 Å². The number of benzene rings is 11. The van der Waals surface area contributed by atoms with Crippen LogP contribution < -0.4 is 11.1 Å². The Morgan fingerprint density at radius 1 is 0.403 bits per heavy atom. The fraction of sp³-hybridized carbons (Fsp3) is 0.0339. The van der Waals surface area contributed by atoms with Gasteiger partial charge in [-0.15, -0.1) is 0 Å². The molecule has 2 unspecified atom stereocenters. The number of nitrogens with one attached hydrogen (secondary N) is 1. The monoisotopic (exact) mass is 793 g/mol. The first-order valence-corrected chi connectivity index (χ1v) is 21.3. The third-order valence-electron chi connectivity index (χ3n) is 12.4. The summed E-state index contributed by atoms with van der Waals surface area (Å²) < 4.78 is 0. The van der Waals surface area contributed by atoms with Crippen molar-refractivity contribution in [2.75, 3.05) is 0 Å². The number of hydrogen-bond acceptors (Lipinski definition) is 3. The van der Waals surface area contributed by atoms with E-state index in [1.165, 1.54) is 70.7 Å². The van der Waals surface area contributed by atoms with Gasteiger partial charge in [0.15, 0.2) is 0 Å². The van der Waals surface area contributed by atoms with Gasteiger partial charge < -0.3 is 5.73 Å². The minimum absolute atomic E-state index is 0.427. The molecule has 3 heteroatoms. The van der Waals surface area contributed by atoms with Crippen molar-refractivity contribution in [3.8, 4) is 33.4 Å². The number of aliphatic imine (C=N–C) groups is 1. The predicted octanol–water partition coefficient (Wildman–Crippen LogP) is 14.8. The summed E-state index contributed by atoms with van der Waals surface area (Å²) in [6.07, 6.45) is 1.16. The summed E-state index contributed by atoms with van der Waals surface area (Å²) in [6, 6.07) is 80.3. The molecule has 0 saturated carbocycles. The van der Waals surface area contributed by atoms with Gasteiger partial charge in [-0.2, -0.15) is 0 Å². The number of hydrogen-bond donors (Lipinski definition) is 2. The molecule has 0 radical (unpaired) electrons. The first-order valence-electron chi connectivity index (χ1n) is 21.3. The van der Waals surface area contributed by atoms with Gasteiger partial charge in [-0.25, -0.2) is 0 Å². The summed E-state index contributed by atoms with van der Waals surface area (Å²) in [7, 11) is 0. The Labute approximate surface area is 361 Å². The molecule has 0 aliphatic heterocycles. The highest BCUT2D eigenvalue weighted by Crippen LogP contribution is 2.48. The van der Waals surface area contributed by atoms with E-state index in [1.54, 1.807) is 0 Å². The van der Waals surface area contributed by atoms with Crippen LogP contribution in [0.15, 0.2) is 229 Å². The van der Waals surface area contributed by atoms with E-state index in [4.69, 9.17) is 10.7 Å². The van der Waals surface area contributed by atoms with Crippen molar-refractivity contribution >= 4 is 60.1 Å². The highest BCUT2D eigenvalue weighted by molar-refractivity contribution is 6.29. The Hall–Kier alpha value is -7.69. The Balaban J connectivity index is 1.10. The van der Waals surface area contributed by atoms with E-state index in [1.807, 2.05) is 30.5 Å². The van der Waals surface area contributed by atoms with Gasteiger partial charge in [-0.3, -0.25) is 10.3 Å². The third-order valence-corrected chi connectivity index (χ3v) is 12.4. The normalized spacial score (nSPS) is 12.8. The van der Waals surface area contributed by atoms with Gasteiger partial charge >= 0.3 is 0 Å². The maximum Gasteiger partial charge on any atom is 0.127 e. The topological polar surface area (TPSA) is 50.4 Å². The van der Waals surface area contributed by atoms with Crippen molar-refractivity contribution in [3.05, 3.63) is 241 Å². The Morgan fingerprint density at radius 3 is 1.79 bits per heavy atom. The summed E-state index contributed by atoms with van der Waals surface area (Å²) in [6.45, 7) is 0. The van der Waals surface area contributed by atoms with E-state index >= 15 is 0 Å². The average molecular weight is 794 g/mol. The Morgan fingerprint density at radius 2 is 1.00 bits per heavy atom. The highest BCUT2D eigenvalue weighted by atomic mass is 15.1. The van der Waals surface area contributed by atoms with Gasteiger partial charge in [-0.1, -0.05) is 218 Å².